The van der Waals surface area contributed by atoms with Crippen molar-refractivity contribution < 1.29 is 0 Å². The summed E-state index contributed by atoms with van der Waals surface area (Å²) >= 11 is 7.02. The zero-order chi connectivity index (χ0) is 13.8. The third-order valence-corrected chi connectivity index (χ3v) is 4.50. The number of rotatable bonds is 7. The van der Waals surface area contributed by atoms with Gasteiger partial charge < -0.3 is 11.1 Å². The molecule has 1 unspecified atom stereocenters. The molecule has 19 heavy (non-hydrogen) atoms. The van der Waals surface area contributed by atoms with E-state index < -0.39 is 0 Å². The van der Waals surface area contributed by atoms with Crippen LogP contribution in [0.5, 0.6) is 0 Å². The molecule has 1 aromatic rings. The molecule has 3 N–H and O–H groups in total. The minimum absolute atomic E-state index is 0.475. The van der Waals surface area contributed by atoms with Gasteiger partial charge >= 0.3 is 0 Å². The van der Waals surface area contributed by atoms with Crippen molar-refractivity contribution >= 4 is 34.7 Å². The van der Waals surface area contributed by atoms with E-state index in [2.05, 4.69) is 37.4 Å². The molecule has 1 aliphatic rings. The molecular formula is C15H22N2S2. The van der Waals surface area contributed by atoms with Crippen LogP contribution in [-0.2, 0) is 0 Å². The van der Waals surface area contributed by atoms with Crippen LogP contribution in [-0.4, -0.2) is 16.8 Å². The highest BCUT2D eigenvalue weighted by Gasteiger charge is 2.24. The van der Waals surface area contributed by atoms with Crippen LogP contribution in [0.2, 0.25) is 0 Å². The molecule has 0 aromatic heterocycles. The summed E-state index contributed by atoms with van der Waals surface area (Å²) < 4.78 is 0. The zero-order valence-electron chi connectivity index (χ0n) is 11.6. The maximum absolute atomic E-state index is 5.91. The van der Waals surface area contributed by atoms with E-state index in [9.17, 15) is 0 Å². The van der Waals surface area contributed by atoms with Gasteiger partial charge in [0.25, 0.3) is 0 Å². The molecule has 1 fully saturated rings. The molecular weight excluding hydrogens is 272 g/mol. The van der Waals surface area contributed by atoms with Gasteiger partial charge in [0.2, 0.25) is 0 Å². The summed E-state index contributed by atoms with van der Waals surface area (Å²) in [4.78, 5) is 1.66. The summed E-state index contributed by atoms with van der Waals surface area (Å²) in [6.07, 6.45) is 4.02. The lowest BCUT2D eigenvalue weighted by Gasteiger charge is -2.19. The van der Waals surface area contributed by atoms with Crippen LogP contribution in [0.3, 0.4) is 0 Å². The van der Waals surface area contributed by atoms with E-state index in [1.165, 1.54) is 24.2 Å². The molecule has 0 amide bonds. The molecule has 4 heteroatoms. The molecule has 1 aliphatic carbocycles. The van der Waals surface area contributed by atoms with Crippen LogP contribution in [0.4, 0.5) is 5.69 Å². The zero-order valence-corrected chi connectivity index (χ0v) is 13.2. The molecule has 0 radical (unpaired) electrons. The smallest absolute Gasteiger partial charge is 0.107 e. The van der Waals surface area contributed by atoms with Crippen molar-refractivity contribution in [2.45, 2.75) is 44.0 Å². The van der Waals surface area contributed by atoms with Gasteiger partial charge in [0.15, 0.2) is 0 Å². The molecule has 2 nitrogen and oxygen atoms in total. The Labute approximate surface area is 125 Å². The minimum atomic E-state index is 0.475. The molecule has 0 heterocycles. The molecule has 0 spiro atoms. The number of benzene rings is 1. The number of thioether (sulfide) groups is 1. The van der Waals surface area contributed by atoms with Gasteiger partial charge in [-0.15, -0.1) is 11.8 Å². The van der Waals surface area contributed by atoms with Gasteiger partial charge in [-0.1, -0.05) is 38.0 Å². The van der Waals surface area contributed by atoms with E-state index in [-0.39, 0.29) is 0 Å². The molecule has 1 aromatic carbocycles. The van der Waals surface area contributed by atoms with Crippen LogP contribution < -0.4 is 11.1 Å². The highest BCUT2D eigenvalue weighted by Crippen LogP contribution is 2.35. The molecule has 0 saturated heterocycles. The summed E-state index contributed by atoms with van der Waals surface area (Å²) in [5, 5.41) is 3.58. The first kappa shape index (κ1) is 14.7. The maximum atomic E-state index is 5.91. The average Bonchev–Trinajstić information content (AvgIpc) is 3.13. The van der Waals surface area contributed by atoms with Gasteiger partial charge in [0.1, 0.15) is 4.99 Å². The Bertz CT molecular complexity index is 455. The first-order chi connectivity index (χ1) is 9.11. The van der Waals surface area contributed by atoms with Crippen LogP contribution >= 0.6 is 24.0 Å². The number of nitrogens with two attached hydrogens (primary N) is 1. The van der Waals surface area contributed by atoms with Crippen molar-refractivity contribution in [3.05, 3.63) is 23.8 Å². The summed E-state index contributed by atoms with van der Waals surface area (Å²) in [5.41, 5.74) is 8.00. The summed E-state index contributed by atoms with van der Waals surface area (Å²) in [6, 6.07) is 6.73. The van der Waals surface area contributed by atoms with E-state index in [0.717, 1.165) is 22.9 Å². The van der Waals surface area contributed by atoms with Crippen LogP contribution in [0, 0.1) is 5.92 Å². The Morgan fingerprint density at radius 1 is 1.53 bits per heavy atom. The molecule has 0 bridgehead atoms. The Morgan fingerprint density at radius 2 is 2.26 bits per heavy atom. The van der Waals surface area contributed by atoms with E-state index >= 15 is 0 Å². The summed E-state index contributed by atoms with van der Waals surface area (Å²) in [7, 11) is 0. The first-order valence-electron chi connectivity index (χ1n) is 6.94. The molecule has 0 aliphatic heterocycles. The van der Waals surface area contributed by atoms with Gasteiger partial charge in [0.05, 0.1) is 0 Å². The SMILES string of the molecule is CCSc1cccc(NC(C)CC2CC2)c1C(N)=S. The maximum Gasteiger partial charge on any atom is 0.107 e. The predicted molar refractivity (Wildman–Crippen MR) is 89.2 cm³/mol. The van der Waals surface area contributed by atoms with Gasteiger partial charge in [-0.25, -0.2) is 0 Å². The molecule has 1 atom stereocenters. The number of nitrogens with one attached hydrogen (secondary N) is 1. The lowest BCUT2D eigenvalue weighted by molar-refractivity contribution is 0.642. The summed E-state index contributed by atoms with van der Waals surface area (Å²) in [5.74, 6) is 1.94. The largest absolute Gasteiger partial charge is 0.389 e. The Hall–Kier alpha value is -0.740. The van der Waals surface area contributed by atoms with Crippen LogP contribution in [0.15, 0.2) is 23.1 Å². The van der Waals surface area contributed by atoms with E-state index in [1.807, 2.05) is 0 Å². The highest BCUT2D eigenvalue weighted by molar-refractivity contribution is 7.99. The van der Waals surface area contributed by atoms with E-state index in [4.69, 9.17) is 18.0 Å². The quantitative estimate of drug-likeness (QED) is 0.588. The topological polar surface area (TPSA) is 38.0 Å². The molecule has 104 valence electrons. The normalized spacial score (nSPS) is 16.1. The fourth-order valence-corrected chi connectivity index (χ4v) is 3.49. The first-order valence-corrected chi connectivity index (χ1v) is 8.33. The Balaban J connectivity index is 2.17. The number of hydrogen-bond acceptors (Lipinski definition) is 3. The number of hydrogen-bond donors (Lipinski definition) is 2. The lowest BCUT2D eigenvalue weighted by Crippen LogP contribution is -2.20. The Kier molecular flexibility index (Phi) is 5.11. The third-order valence-electron chi connectivity index (χ3n) is 3.36. The van der Waals surface area contributed by atoms with Crippen molar-refractivity contribution in [3.8, 4) is 0 Å². The fraction of sp³-hybridized carbons (Fsp3) is 0.533. The monoisotopic (exact) mass is 294 g/mol. The number of anilines is 1. The van der Waals surface area contributed by atoms with Gasteiger partial charge in [-0.2, -0.15) is 0 Å². The van der Waals surface area contributed by atoms with E-state index in [1.54, 1.807) is 11.8 Å². The van der Waals surface area contributed by atoms with Crippen LogP contribution in [0.1, 0.15) is 38.7 Å². The predicted octanol–water partition coefficient (Wildman–Crippen LogP) is 4.03. The number of thiocarbonyl (C=S) groups is 1. The Morgan fingerprint density at radius 3 is 2.84 bits per heavy atom. The molecule has 2 rings (SSSR count). The second-order valence-electron chi connectivity index (χ2n) is 5.20. The van der Waals surface area contributed by atoms with Crippen molar-refractivity contribution in [1.29, 1.82) is 0 Å². The minimum Gasteiger partial charge on any atom is -0.389 e. The standard InChI is InChI=1S/C15H22N2S2/c1-3-19-13-6-4-5-12(14(13)15(16)18)17-10(2)9-11-7-8-11/h4-6,10-11,17H,3,7-9H2,1-2H3,(H2,16,18). The second-order valence-corrected chi connectivity index (χ2v) is 6.95. The second kappa shape index (κ2) is 6.62. The fourth-order valence-electron chi connectivity index (χ4n) is 2.36. The van der Waals surface area contributed by atoms with Crippen molar-refractivity contribution in [2.24, 2.45) is 11.7 Å². The van der Waals surface area contributed by atoms with Crippen molar-refractivity contribution in [1.82, 2.24) is 0 Å². The average molecular weight is 294 g/mol. The van der Waals surface area contributed by atoms with Gasteiger partial charge in [-0.3, -0.25) is 0 Å². The van der Waals surface area contributed by atoms with E-state index in [0.29, 0.717) is 11.0 Å². The third kappa shape index (κ3) is 4.11. The lowest BCUT2D eigenvalue weighted by atomic mass is 10.1. The highest BCUT2D eigenvalue weighted by atomic mass is 32.2. The van der Waals surface area contributed by atoms with Crippen LogP contribution in [0.25, 0.3) is 0 Å². The van der Waals surface area contributed by atoms with Gasteiger partial charge in [-0.05, 0) is 37.1 Å². The summed E-state index contributed by atoms with van der Waals surface area (Å²) in [6.45, 7) is 4.38. The van der Waals surface area contributed by atoms with Gasteiger partial charge in [0, 0.05) is 22.2 Å². The van der Waals surface area contributed by atoms with Crippen molar-refractivity contribution in [3.63, 3.8) is 0 Å². The molecule has 1 saturated carbocycles. The van der Waals surface area contributed by atoms with Crippen molar-refractivity contribution in [2.75, 3.05) is 11.1 Å².